The van der Waals surface area contributed by atoms with E-state index in [0.717, 1.165) is 0 Å². The second-order valence-electron chi connectivity index (χ2n) is 2.00. The van der Waals surface area contributed by atoms with Crippen molar-refractivity contribution in [1.82, 2.24) is 4.90 Å². The van der Waals surface area contributed by atoms with Gasteiger partial charge in [0.1, 0.15) is 5.71 Å². The van der Waals surface area contributed by atoms with Gasteiger partial charge in [-0.25, -0.2) is 0 Å². The Balaban J connectivity index is 4.39. The first kappa shape index (κ1) is 8.74. The Morgan fingerprint density at radius 3 is 1.80 bits per heavy atom. The first-order valence-electron chi connectivity index (χ1n) is 2.72. The molecule has 0 heterocycles. The van der Waals surface area contributed by atoms with Gasteiger partial charge in [0.15, 0.2) is 5.84 Å². The van der Waals surface area contributed by atoms with Gasteiger partial charge in [-0.3, -0.25) is 0 Å². The molecule has 0 aromatic rings. The molecule has 0 atom stereocenters. The zero-order chi connectivity index (χ0) is 8.15. The van der Waals surface area contributed by atoms with Gasteiger partial charge in [0.25, 0.3) is 0 Å². The van der Waals surface area contributed by atoms with E-state index in [4.69, 9.17) is 10.4 Å². The fourth-order valence-electron chi connectivity index (χ4n) is 0.530. The molecule has 0 rings (SSSR count). The predicted molar refractivity (Wildman–Crippen MR) is 37.8 cm³/mol. The maximum atomic E-state index is 8.35. The predicted octanol–water partition coefficient (Wildman–Crippen LogP) is 0.186. The third-order valence-electron chi connectivity index (χ3n) is 0.992. The van der Waals surface area contributed by atoms with Crippen LogP contribution in [0.3, 0.4) is 0 Å². The second kappa shape index (κ2) is 3.71. The van der Waals surface area contributed by atoms with Crippen LogP contribution in [-0.2, 0) is 0 Å². The van der Waals surface area contributed by atoms with Crippen molar-refractivity contribution < 1.29 is 10.4 Å². The quantitative estimate of drug-likeness (QED) is 0.239. The van der Waals surface area contributed by atoms with Crippen molar-refractivity contribution in [2.45, 2.75) is 6.92 Å². The zero-order valence-corrected chi connectivity index (χ0v) is 6.24. The summed E-state index contributed by atoms with van der Waals surface area (Å²) < 4.78 is 0. The highest BCUT2D eigenvalue weighted by Gasteiger charge is 2.05. The molecule has 0 aliphatic heterocycles. The van der Waals surface area contributed by atoms with Crippen LogP contribution >= 0.6 is 0 Å². The van der Waals surface area contributed by atoms with Gasteiger partial charge in [0.05, 0.1) is 0 Å². The Labute approximate surface area is 59.2 Å². The lowest BCUT2D eigenvalue weighted by Gasteiger charge is -2.11. The summed E-state index contributed by atoms with van der Waals surface area (Å²) >= 11 is 0. The van der Waals surface area contributed by atoms with E-state index >= 15 is 0 Å². The Morgan fingerprint density at radius 2 is 1.70 bits per heavy atom. The van der Waals surface area contributed by atoms with Crippen molar-refractivity contribution >= 4 is 11.5 Å². The molecule has 0 aromatic carbocycles. The van der Waals surface area contributed by atoms with Crippen LogP contribution in [0.2, 0.25) is 0 Å². The van der Waals surface area contributed by atoms with Crippen LogP contribution in [0, 0.1) is 0 Å². The molecule has 0 aliphatic rings. The summed E-state index contributed by atoms with van der Waals surface area (Å²) in [5.74, 6) is 0.238. The topological polar surface area (TPSA) is 68.4 Å². The van der Waals surface area contributed by atoms with Gasteiger partial charge in [-0.1, -0.05) is 10.3 Å². The Kier molecular flexibility index (Phi) is 3.24. The van der Waals surface area contributed by atoms with E-state index in [-0.39, 0.29) is 11.5 Å². The number of hydrogen-bond donors (Lipinski definition) is 2. The molecule has 0 aliphatic carbocycles. The number of hydrogen-bond acceptors (Lipinski definition) is 4. The molecule has 0 fully saturated rings. The highest BCUT2D eigenvalue weighted by Crippen LogP contribution is 1.86. The van der Waals surface area contributed by atoms with Gasteiger partial charge in [0, 0.05) is 14.1 Å². The molecule has 2 N–H and O–H groups in total. The molecule has 0 saturated carbocycles. The smallest absolute Gasteiger partial charge is 0.192 e. The molecule has 58 valence electrons. The summed E-state index contributed by atoms with van der Waals surface area (Å²) in [5.41, 5.74) is 0.271. The molecule has 5 nitrogen and oxygen atoms in total. The van der Waals surface area contributed by atoms with Crippen molar-refractivity contribution in [3.8, 4) is 0 Å². The number of rotatable bonds is 1. The Bertz CT molecular complexity index is 162. The lowest BCUT2D eigenvalue weighted by molar-refractivity contribution is 0.307. The number of amidine groups is 1. The van der Waals surface area contributed by atoms with Gasteiger partial charge in [-0.15, -0.1) is 0 Å². The first-order valence-corrected chi connectivity index (χ1v) is 2.72. The largest absolute Gasteiger partial charge is 0.411 e. The fraction of sp³-hybridized carbons (Fsp3) is 0.600. The molecule has 10 heavy (non-hydrogen) atoms. The van der Waals surface area contributed by atoms with E-state index in [2.05, 4.69) is 10.3 Å². The normalized spacial score (nSPS) is 13.5. The zero-order valence-electron chi connectivity index (χ0n) is 6.24. The summed E-state index contributed by atoms with van der Waals surface area (Å²) in [6, 6.07) is 0. The molecule has 0 radical (unpaired) electrons. The lowest BCUT2D eigenvalue weighted by atomic mass is 10.4. The van der Waals surface area contributed by atoms with E-state index < -0.39 is 0 Å². The highest BCUT2D eigenvalue weighted by atomic mass is 16.4. The highest BCUT2D eigenvalue weighted by molar-refractivity contribution is 6.39. The van der Waals surface area contributed by atoms with Crippen LogP contribution in [0.4, 0.5) is 0 Å². The van der Waals surface area contributed by atoms with E-state index in [0.29, 0.717) is 0 Å². The average Bonchev–Trinajstić information content (AvgIpc) is 1.88. The van der Waals surface area contributed by atoms with Gasteiger partial charge in [-0.05, 0) is 6.92 Å². The van der Waals surface area contributed by atoms with E-state index in [1.807, 2.05) is 0 Å². The summed E-state index contributed by atoms with van der Waals surface area (Å²) in [7, 11) is 3.37. The van der Waals surface area contributed by atoms with Crippen LogP contribution in [0.15, 0.2) is 10.3 Å². The third kappa shape index (κ3) is 1.93. The second-order valence-corrected chi connectivity index (χ2v) is 2.00. The van der Waals surface area contributed by atoms with Gasteiger partial charge in [0.2, 0.25) is 0 Å². The van der Waals surface area contributed by atoms with Crippen LogP contribution in [-0.4, -0.2) is 41.0 Å². The van der Waals surface area contributed by atoms with Gasteiger partial charge >= 0.3 is 0 Å². The SMILES string of the molecule is CC(=N\O)/C(=N\O)N(C)C. The minimum atomic E-state index is 0.238. The van der Waals surface area contributed by atoms with Gasteiger partial charge in [-0.2, -0.15) is 0 Å². The number of nitrogens with zero attached hydrogens (tertiary/aromatic N) is 3. The van der Waals surface area contributed by atoms with E-state index in [1.165, 1.54) is 11.8 Å². The summed E-state index contributed by atoms with van der Waals surface area (Å²) in [4.78, 5) is 1.54. The maximum absolute atomic E-state index is 8.35. The summed E-state index contributed by atoms with van der Waals surface area (Å²) in [6.45, 7) is 1.54. The van der Waals surface area contributed by atoms with Crippen molar-refractivity contribution in [2.24, 2.45) is 10.3 Å². The molecule has 0 aromatic heterocycles. The van der Waals surface area contributed by atoms with Crippen molar-refractivity contribution in [3.05, 3.63) is 0 Å². The third-order valence-corrected chi connectivity index (χ3v) is 0.992. The average molecular weight is 145 g/mol. The standard InChI is InChI=1S/C5H11N3O2/c1-4(6-9)5(7-10)8(2)3/h9-10H,1-3H3/b6-4+,7-5+. The Hall–Kier alpha value is -1.26. The summed E-state index contributed by atoms with van der Waals surface area (Å²) in [5, 5.41) is 22.4. The van der Waals surface area contributed by atoms with Crippen molar-refractivity contribution in [2.75, 3.05) is 14.1 Å². The molecule has 0 bridgehead atoms. The Morgan fingerprint density at radius 1 is 1.20 bits per heavy atom. The van der Waals surface area contributed by atoms with Crippen LogP contribution in [0.25, 0.3) is 0 Å². The maximum Gasteiger partial charge on any atom is 0.192 e. The monoisotopic (exact) mass is 145 g/mol. The molecular formula is C5H11N3O2. The fourth-order valence-corrected chi connectivity index (χ4v) is 0.530. The molecule has 0 unspecified atom stereocenters. The molecule has 0 amide bonds. The van der Waals surface area contributed by atoms with Crippen molar-refractivity contribution in [1.29, 1.82) is 0 Å². The minimum absolute atomic E-state index is 0.238. The van der Waals surface area contributed by atoms with E-state index in [1.54, 1.807) is 14.1 Å². The molecule has 0 saturated heterocycles. The molecular weight excluding hydrogens is 134 g/mol. The first-order chi connectivity index (χ1) is 4.63. The lowest BCUT2D eigenvalue weighted by Crippen LogP contribution is -2.28. The van der Waals surface area contributed by atoms with Crippen LogP contribution in [0.5, 0.6) is 0 Å². The summed E-state index contributed by atoms with van der Waals surface area (Å²) in [6.07, 6.45) is 0. The van der Waals surface area contributed by atoms with E-state index in [9.17, 15) is 0 Å². The van der Waals surface area contributed by atoms with Crippen LogP contribution in [0.1, 0.15) is 6.92 Å². The number of oxime groups is 2. The van der Waals surface area contributed by atoms with Gasteiger partial charge < -0.3 is 15.3 Å². The van der Waals surface area contributed by atoms with Crippen molar-refractivity contribution in [3.63, 3.8) is 0 Å². The molecule has 5 heteroatoms. The molecule has 0 spiro atoms. The van der Waals surface area contributed by atoms with Crippen LogP contribution < -0.4 is 0 Å². The minimum Gasteiger partial charge on any atom is -0.411 e.